The summed E-state index contributed by atoms with van der Waals surface area (Å²) in [5.74, 6) is -0.0566. The lowest BCUT2D eigenvalue weighted by Crippen LogP contribution is -2.01. The Kier molecular flexibility index (Phi) is 3.87. The number of aliphatic carboxylic acids is 1. The molecule has 0 aliphatic carbocycles. The molecule has 1 aromatic carbocycles. The van der Waals surface area contributed by atoms with Crippen molar-refractivity contribution in [2.75, 3.05) is 6.61 Å². The van der Waals surface area contributed by atoms with Crippen molar-refractivity contribution in [3.8, 4) is 17.0 Å². The summed E-state index contributed by atoms with van der Waals surface area (Å²) in [6.45, 7) is 0.409. The normalized spacial score (nSPS) is 10.9. The predicted octanol–water partition coefficient (Wildman–Crippen LogP) is 3.31. The maximum atomic E-state index is 10.4. The molecule has 0 radical (unpaired) electrons. The third kappa shape index (κ3) is 3.22. The molecule has 1 N–H and O–H groups in total. The van der Waals surface area contributed by atoms with Crippen LogP contribution >= 0.6 is 11.3 Å². The zero-order chi connectivity index (χ0) is 14.7. The number of thiazole rings is 1. The number of benzene rings is 1. The lowest BCUT2D eigenvalue weighted by Gasteiger charge is -2.05. The molecular formula is C15H14N2O3S. The van der Waals surface area contributed by atoms with Crippen molar-refractivity contribution in [1.82, 2.24) is 9.38 Å². The summed E-state index contributed by atoms with van der Waals surface area (Å²) in [5.41, 5.74) is 1.96. The second-order valence-corrected chi connectivity index (χ2v) is 5.46. The number of carboxylic acid groups (broad SMARTS) is 1. The van der Waals surface area contributed by atoms with Crippen LogP contribution < -0.4 is 4.74 Å². The molecule has 0 saturated heterocycles. The Morgan fingerprint density at radius 2 is 2.14 bits per heavy atom. The van der Waals surface area contributed by atoms with E-state index in [-0.39, 0.29) is 6.42 Å². The highest BCUT2D eigenvalue weighted by Gasteiger charge is 2.05. The third-order valence-electron chi connectivity index (χ3n) is 3.05. The summed E-state index contributed by atoms with van der Waals surface area (Å²) in [4.78, 5) is 15.9. The summed E-state index contributed by atoms with van der Waals surface area (Å²) in [6, 6.07) is 7.67. The Labute approximate surface area is 125 Å². The summed E-state index contributed by atoms with van der Waals surface area (Å²) in [7, 11) is 0. The van der Waals surface area contributed by atoms with E-state index in [4.69, 9.17) is 9.84 Å². The molecule has 0 atom stereocenters. The smallest absolute Gasteiger partial charge is 0.303 e. The van der Waals surface area contributed by atoms with E-state index in [1.54, 1.807) is 11.3 Å². The van der Waals surface area contributed by atoms with Crippen molar-refractivity contribution in [2.45, 2.75) is 12.8 Å². The fourth-order valence-corrected chi connectivity index (χ4v) is 2.70. The van der Waals surface area contributed by atoms with Gasteiger partial charge in [-0.15, -0.1) is 11.3 Å². The van der Waals surface area contributed by atoms with Crippen LogP contribution in [0.3, 0.4) is 0 Å². The van der Waals surface area contributed by atoms with E-state index in [9.17, 15) is 4.79 Å². The fraction of sp³-hybridized carbons (Fsp3) is 0.200. The van der Waals surface area contributed by atoms with Gasteiger partial charge < -0.3 is 9.84 Å². The molecule has 0 saturated carbocycles. The molecular weight excluding hydrogens is 288 g/mol. The topological polar surface area (TPSA) is 63.8 Å². The Morgan fingerprint density at radius 3 is 2.86 bits per heavy atom. The number of ether oxygens (including phenoxy) is 1. The molecule has 2 aromatic heterocycles. The molecule has 3 rings (SSSR count). The van der Waals surface area contributed by atoms with E-state index < -0.39 is 5.97 Å². The number of fused-ring (bicyclic) bond motifs is 1. The molecule has 5 nitrogen and oxygen atoms in total. The van der Waals surface area contributed by atoms with Gasteiger partial charge in [0.15, 0.2) is 4.96 Å². The number of carboxylic acids is 1. The lowest BCUT2D eigenvalue weighted by molar-refractivity contribution is -0.137. The van der Waals surface area contributed by atoms with Crippen molar-refractivity contribution in [3.05, 3.63) is 42.0 Å². The van der Waals surface area contributed by atoms with Gasteiger partial charge in [0.05, 0.1) is 12.3 Å². The van der Waals surface area contributed by atoms with Crippen molar-refractivity contribution < 1.29 is 14.6 Å². The van der Waals surface area contributed by atoms with Crippen LogP contribution in [0.4, 0.5) is 0 Å². The summed E-state index contributed by atoms with van der Waals surface area (Å²) < 4.78 is 7.50. The standard InChI is InChI=1S/C15H14N2O3S/c18-14(19)2-1-8-20-12-5-3-11(4-6-12)13-10-17-7-9-21-15(17)16-13/h3-7,9-10H,1-2,8H2,(H,18,19). The van der Waals surface area contributed by atoms with Crippen molar-refractivity contribution >= 4 is 22.3 Å². The highest BCUT2D eigenvalue weighted by Crippen LogP contribution is 2.23. The summed E-state index contributed by atoms with van der Waals surface area (Å²) >= 11 is 1.60. The van der Waals surface area contributed by atoms with Gasteiger partial charge in [-0.25, -0.2) is 4.98 Å². The first-order valence-corrected chi connectivity index (χ1v) is 7.47. The van der Waals surface area contributed by atoms with E-state index in [0.717, 1.165) is 22.0 Å². The molecule has 3 aromatic rings. The van der Waals surface area contributed by atoms with Gasteiger partial charge in [-0.1, -0.05) is 0 Å². The second-order valence-electron chi connectivity index (χ2n) is 4.59. The molecule has 6 heteroatoms. The van der Waals surface area contributed by atoms with Gasteiger partial charge in [-0.3, -0.25) is 9.20 Å². The highest BCUT2D eigenvalue weighted by molar-refractivity contribution is 7.15. The number of aromatic nitrogens is 2. The number of nitrogens with zero attached hydrogens (tertiary/aromatic N) is 2. The van der Waals surface area contributed by atoms with Crippen LogP contribution in [0.5, 0.6) is 5.75 Å². The van der Waals surface area contributed by atoms with E-state index in [2.05, 4.69) is 4.98 Å². The number of rotatable bonds is 6. The molecule has 0 spiro atoms. The number of hydrogen-bond donors (Lipinski definition) is 1. The fourth-order valence-electron chi connectivity index (χ4n) is 2.00. The number of carbonyl (C=O) groups is 1. The average Bonchev–Trinajstić information content (AvgIpc) is 3.05. The first kappa shape index (κ1) is 13.6. The Morgan fingerprint density at radius 1 is 1.33 bits per heavy atom. The highest BCUT2D eigenvalue weighted by atomic mass is 32.1. The first-order chi connectivity index (χ1) is 10.2. The third-order valence-corrected chi connectivity index (χ3v) is 3.82. The Bertz CT molecular complexity index is 717. The molecule has 0 amide bonds. The SMILES string of the molecule is O=C(O)CCCOc1ccc(-c2cn3ccsc3n2)cc1. The minimum absolute atomic E-state index is 0.128. The average molecular weight is 302 g/mol. The zero-order valence-corrected chi connectivity index (χ0v) is 12.0. The molecule has 21 heavy (non-hydrogen) atoms. The van der Waals surface area contributed by atoms with Crippen LogP contribution in [0.25, 0.3) is 16.2 Å². The van der Waals surface area contributed by atoms with Crippen LogP contribution in [0, 0.1) is 0 Å². The quantitative estimate of drug-likeness (QED) is 0.710. The molecule has 0 bridgehead atoms. The van der Waals surface area contributed by atoms with Gasteiger partial charge in [0.1, 0.15) is 5.75 Å². The van der Waals surface area contributed by atoms with E-state index in [1.807, 2.05) is 46.4 Å². The molecule has 0 aliphatic rings. The van der Waals surface area contributed by atoms with E-state index in [0.29, 0.717) is 13.0 Å². The monoisotopic (exact) mass is 302 g/mol. The lowest BCUT2D eigenvalue weighted by atomic mass is 10.2. The number of imidazole rings is 1. The molecule has 2 heterocycles. The minimum atomic E-state index is -0.798. The largest absolute Gasteiger partial charge is 0.494 e. The van der Waals surface area contributed by atoms with Crippen LogP contribution in [0.15, 0.2) is 42.0 Å². The second kappa shape index (κ2) is 5.97. The predicted molar refractivity (Wildman–Crippen MR) is 80.9 cm³/mol. The van der Waals surface area contributed by atoms with Gasteiger partial charge in [-0.2, -0.15) is 0 Å². The van der Waals surface area contributed by atoms with Gasteiger partial charge >= 0.3 is 5.97 Å². The van der Waals surface area contributed by atoms with Gasteiger partial charge in [0.2, 0.25) is 0 Å². The number of hydrogen-bond acceptors (Lipinski definition) is 4. The van der Waals surface area contributed by atoms with E-state index >= 15 is 0 Å². The van der Waals surface area contributed by atoms with Crippen molar-refractivity contribution in [2.24, 2.45) is 0 Å². The first-order valence-electron chi connectivity index (χ1n) is 6.59. The summed E-state index contributed by atoms with van der Waals surface area (Å²) in [5, 5.41) is 10.6. The van der Waals surface area contributed by atoms with E-state index in [1.165, 1.54) is 0 Å². The molecule has 0 unspecified atom stereocenters. The van der Waals surface area contributed by atoms with Crippen LogP contribution in [0.1, 0.15) is 12.8 Å². The van der Waals surface area contributed by atoms with Crippen LogP contribution in [-0.4, -0.2) is 27.1 Å². The zero-order valence-electron chi connectivity index (χ0n) is 11.2. The minimum Gasteiger partial charge on any atom is -0.494 e. The molecule has 0 aliphatic heterocycles. The van der Waals surface area contributed by atoms with Gasteiger partial charge in [0.25, 0.3) is 0 Å². The van der Waals surface area contributed by atoms with Gasteiger partial charge in [-0.05, 0) is 30.7 Å². The molecule has 0 fully saturated rings. The van der Waals surface area contributed by atoms with Crippen LogP contribution in [-0.2, 0) is 4.79 Å². The van der Waals surface area contributed by atoms with Gasteiger partial charge in [0, 0.05) is 29.8 Å². The maximum absolute atomic E-state index is 10.4. The van der Waals surface area contributed by atoms with Crippen LogP contribution in [0.2, 0.25) is 0 Å². The Balaban J connectivity index is 1.63. The van der Waals surface area contributed by atoms with Crippen molar-refractivity contribution in [1.29, 1.82) is 0 Å². The molecule has 108 valence electrons. The summed E-state index contributed by atoms with van der Waals surface area (Å²) in [6.07, 6.45) is 4.61. The Hall–Kier alpha value is -2.34. The van der Waals surface area contributed by atoms with Crippen molar-refractivity contribution in [3.63, 3.8) is 0 Å². The maximum Gasteiger partial charge on any atom is 0.303 e.